The molecule has 1 unspecified atom stereocenters. The lowest BCUT2D eigenvalue weighted by Gasteiger charge is -2.31. The molecular weight excluding hydrogens is 292 g/mol. The first kappa shape index (κ1) is 15.9. The van der Waals surface area contributed by atoms with Gasteiger partial charge in [0.15, 0.2) is 11.5 Å². The molecule has 0 spiro atoms. The SMILES string of the molecule is CC(C(=O)NCc1ccc2c(c1)OCCO2)C1CNC1.Cl. The van der Waals surface area contributed by atoms with Crippen LogP contribution in [0.15, 0.2) is 18.2 Å². The Labute approximate surface area is 130 Å². The molecular formula is C15H21ClN2O3. The largest absolute Gasteiger partial charge is 0.486 e. The van der Waals surface area contributed by atoms with Gasteiger partial charge in [-0.2, -0.15) is 0 Å². The van der Waals surface area contributed by atoms with Gasteiger partial charge in [0.25, 0.3) is 0 Å². The van der Waals surface area contributed by atoms with E-state index in [-0.39, 0.29) is 24.2 Å². The minimum Gasteiger partial charge on any atom is -0.486 e. The highest BCUT2D eigenvalue weighted by Crippen LogP contribution is 2.30. The van der Waals surface area contributed by atoms with Crippen LogP contribution in [-0.4, -0.2) is 32.2 Å². The van der Waals surface area contributed by atoms with Gasteiger partial charge in [-0.3, -0.25) is 4.79 Å². The van der Waals surface area contributed by atoms with E-state index in [0.717, 1.165) is 30.2 Å². The van der Waals surface area contributed by atoms with E-state index in [0.29, 0.717) is 25.7 Å². The van der Waals surface area contributed by atoms with Crippen LogP contribution in [0.25, 0.3) is 0 Å². The molecule has 2 aliphatic heterocycles. The molecule has 0 saturated carbocycles. The molecule has 0 aliphatic carbocycles. The van der Waals surface area contributed by atoms with Crippen molar-refractivity contribution in [2.45, 2.75) is 13.5 Å². The summed E-state index contributed by atoms with van der Waals surface area (Å²) in [5.74, 6) is 2.19. The van der Waals surface area contributed by atoms with E-state index < -0.39 is 0 Å². The van der Waals surface area contributed by atoms with Crippen LogP contribution in [0.3, 0.4) is 0 Å². The summed E-state index contributed by atoms with van der Waals surface area (Å²) in [6.45, 7) is 5.58. The Balaban J connectivity index is 0.00000161. The molecule has 1 atom stereocenters. The van der Waals surface area contributed by atoms with E-state index in [2.05, 4.69) is 10.6 Å². The Morgan fingerprint density at radius 2 is 2.05 bits per heavy atom. The predicted molar refractivity (Wildman–Crippen MR) is 82.1 cm³/mol. The van der Waals surface area contributed by atoms with Crippen molar-refractivity contribution in [1.29, 1.82) is 0 Å². The molecule has 0 radical (unpaired) electrons. The monoisotopic (exact) mass is 312 g/mol. The number of hydrogen-bond donors (Lipinski definition) is 2. The number of nitrogens with one attached hydrogen (secondary N) is 2. The van der Waals surface area contributed by atoms with Crippen molar-refractivity contribution in [3.63, 3.8) is 0 Å². The van der Waals surface area contributed by atoms with Crippen LogP contribution in [0.1, 0.15) is 12.5 Å². The van der Waals surface area contributed by atoms with E-state index in [1.807, 2.05) is 25.1 Å². The van der Waals surface area contributed by atoms with Crippen molar-refractivity contribution in [2.24, 2.45) is 11.8 Å². The first-order chi connectivity index (χ1) is 9.74. The van der Waals surface area contributed by atoms with E-state index in [1.54, 1.807) is 0 Å². The summed E-state index contributed by atoms with van der Waals surface area (Å²) in [6, 6.07) is 5.79. The third-order valence-electron chi connectivity index (χ3n) is 4.01. The normalized spacial score (nSPS) is 18.1. The van der Waals surface area contributed by atoms with Crippen molar-refractivity contribution >= 4 is 18.3 Å². The highest BCUT2D eigenvalue weighted by molar-refractivity contribution is 5.85. The van der Waals surface area contributed by atoms with Crippen LogP contribution in [0.2, 0.25) is 0 Å². The van der Waals surface area contributed by atoms with Gasteiger partial charge in [-0.05, 0) is 36.7 Å². The van der Waals surface area contributed by atoms with Gasteiger partial charge >= 0.3 is 0 Å². The van der Waals surface area contributed by atoms with E-state index in [4.69, 9.17) is 9.47 Å². The molecule has 116 valence electrons. The molecule has 0 bridgehead atoms. The van der Waals surface area contributed by atoms with Crippen LogP contribution >= 0.6 is 12.4 Å². The summed E-state index contributed by atoms with van der Waals surface area (Å²) in [5.41, 5.74) is 1.03. The molecule has 1 fully saturated rings. The van der Waals surface area contributed by atoms with Crippen molar-refractivity contribution in [1.82, 2.24) is 10.6 Å². The van der Waals surface area contributed by atoms with Crippen molar-refractivity contribution in [2.75, 3.05) is 26.3 Å². The average Bonchev–Trinajstić information content (AvgIpc) is 2.42. The summed E-state index contributed by atoms with van der Waals surface area (Å²) >= 11 is 0. The lowest BCUT2D eigenvalue weighted by molar-refractivity contribution is -0.126. The second-order valence-electron chi connectivity index (χ2n) is 5.40. The maximum absolute atomic E-state index is 12.0. The van der Waals surface area contributed by atoms with Gasteiger partial charge in [-0.15, -0.1) is 12.4 Å². The fourth-order valence-corrected chi connectivity index (χ4v) is 2.43. The smallest absolute Gasteiger partial charge is 0.223 e. The van der Waals surface area contributed by atoms with Gasteiger partial charge in [0.1, 0.15) is 13.2 Å². The maximum Gasteiger partial charge on any atom is 0.223 e. The number of benzene rings is 1. The Morgan fingerprint density at radius 1 is 1.33 bits per heavy atom. The first-order valence-electron chi connectivity index (χ1n) is 7.11. The molecule has 21 heavy (non-hydrogen) atoms. The van der Waals surface area contributed by atoms with Gasteiger partial charge < -0.3 is 20.1 Å². The number of rotatable bonds is 4. The standard InChI is InChI=1S/C15H20N2O3.ClH/c1-10(12-8-16-9-12)15(18)17-7-11-2-3-13-14(6-11)20-5-4-19-13;/h2-3,6,10,12,16H,4-5,7-9H2,1H3,(H,17,18);1H. The van der Waals surface area contributed by atoms with E-state index >= 15 is 0 Å². The lowest BCUT2D eigenvalue weighted by Crippen LogP contribution is -2.49. The van der Waals surface area contributed by atoms with Gasteiger partial charge in [0, 0.05) is 12.5 Å². The fourth-order valence-electron chi connectivity index (χ4n) is 2.43. The number of halogens is 1. The topological polar surface area (TPSA) is 59.6 Å². The third kappa shape index (κ3) is 3.60. The lowest BCUT2D eigenvalue weighted by atomic mass is 9.88. The second-order valence-corrected chi connectivity index (χ2v) is 5.40. The number of amides is 1. The van der Waals surface area contributed by atoms with Crippen molar-refractivity contribution in [3.05, 3.63) is 23.8 Å². The number of hydrogen-bond acceptors (Lipinski definition) is 4. The van der Waals surface area contributed by atoms with E-state index in [9.17, 15) is 4.79 Å². The Bertz CT molecular complexity index is 506. The number of ether oxygens (including phenoxy) is 2. The Morgan fingerprint density at radius 3 is 2.71 bits per heavy atom. The Kier molecular flexibility index (Phi) is 5.31. The van der Waals surface area contributed by atoms with Gasteiger partial charge in [-0.1, -0.05) is 13.0 Å². The molecule has 3 rings (SSSR count). The number of carbonyl (C=O) groups is 1. The zero-order chi connectivity index (χ0) is 13.9. The molecule has 1 aromatic rings. The predicted octanol–water partition coefficient (Wildman–Crippen LogP) is 1.35. The molecule has 1 saturated heterocycles. The van der Waals surface area contributed by atoms with Crippen LogP contribution < -0.4 is 20.1 Å². The first-order valence-corrected chi connectivity index (χ1v) is 7.11. The Hall–Kier alpha value is -1.46. The molecule has 2 heterocycles. The zero-order valence-corrected chi connectivity index (χ0v) is 12.9. The van der Waals surface area contributed by atoms with Crippen LogP contribution in [0.5, 0.6) is 11.5 Å². The highest BCUT2D eigenvalue weighted by atomic mass is 35.5. The summed E-state index contributed by atoms with van der Waals surface area (Å²) < 4.78 is 11.0. The molecule has 1 amide bonds. The van der Waals surface area contributed by atoms with Crippen molar-refractivity contribution in [3.8, 4) is 11.5 Å². The zero-order valence-electron chi connectivity index (χ0n) is 12.1. The summed E-state index contributed by atoms with van der Waals surface area (Å²) in [7, 11) is 0. The summed E-state index contributed by atoms with van der Waals surface area (Å²) in [5, 5.41) is 6.19. The third-order valence-corrected chi connectivity index (χ3v) is 4.01. The van der Waals surface area contributed by atoms with Gasteiger partial charge in [0.05, 0.1) is 0 Å². The summed E-state index contributed by atoms with van der Waals surface area (Å²) in [4.78, 5) is 12.0. The minimum absolute atomic E-state index is 0. The molecule has 0 aromatic heterocycles. The number of fused-ring (bicyclic) bond motifs is 1. The second kappa shape index (κ2) is 7.00. The van der Waals surface area contributed by atoms with Gasteiger partial charge in [0.2, 0.25) is 5.91 Å². The fraction of sp³-hybridized carbons (Fsp3) is 0.533. The summed E-state index contributed by atoms with van der Waals surface area (Å²) in [6.07, 6.45) is 0. The van der Waals surface area contributed by atoms with Crippen molar-refractivity contribution < 1.29 is 14.3 Å². The molecule has 2 N–H and O–H groups in total. The molecule has 6 heteroatoms. The van der Waals surface area contributed by atoms with Crippen LogP contribution in [0, 0.1) is 11.8 Å². The minimum atomic E-state index is 0. The average molecular weight is 313 g/mol. The van der Waals surface area contributed by atoms with Crippen LogP contribution in [0.4, 0.5) is 0 Å². The van der Waals surface area contributed by atoms with Gasteiger partial charge in [-0.25, -0.2) is 0 Å². The highest BCUT2D eigenvalue weighted by Gasteiger charge is 2.28. The quantitative estimate of drug-likeness (QED) is 0.881. The van der Waals surface area contributed by atoms with E-state index in [1.165, 1.54) is 0 Å². The molecule has 1 aromatic carbocycles. The van der Waals surface area contributed by atoms with Crippen LogP contribution in [-0.2, 0) is 11.3 Å². The molecule has 2 aliphatic rings. The maximum atomic E-state index is 12.0. The molecule has 5 nitrogen and oxygen atoms in total. The number of carbonyl (C=O) groups excluding carboxylic acids is 1.